The Morgan fingerprint density at radius 2 is 2.32 bits per heavy atom. The maximum Gasteiger partial charge on any atom is 0.230 e. The molecule has 1 heterocycles. The second-order valence-electron chi connectivity index (χ2n) is 5.29. The molecule has 0 aromatic carbocycles. The number of thiazole rings is 1. The second-order valence-corrected chi connectivity index (χ2v) is 7.33. The highest BCUT2D eigenvalue weighted by Gasteiger charge is 2.22. The Hall–Kier alpha value is -0.550. The van der Waals surface area contributed by atoms with E-state index in [1.165, 1.54) is 19.3 Å². The molecule has 19 heavy (non-hydrogen) atoms. The van der Waals surface area contributed by atoms with Crippen LogP contribution in [-0.2, 0) is 10.5 Å². The lowest BCUT2D eigenvalue weighted by Gasteiger charge is -2.29. The number of carbonyl (C=O) groups excluding carboxylic acids is 1. The van der Waals surface area contributed by atoms with Crippen molar-refractivity contribution in [2.45, 2.75) is 51.3 Å². The molecule has 2 rings (SSSR count). The Bertz CT molecular complexity index is 419. The number of nitrogens with zero attached hydrogens (tertiary/aromatic N) is 1. The number of aryl methyl sites for hydroxylation is 1. The topological polar surface area (TPSA) is 42.0 Å². The van der Waals surface area contributed by atoms with Crippen molar-refractivity contribution in [1.29, 1.82) is 0 Å². The van der Waals surface area contributed by atoms with Crippen LogP contribution in [0.15, 0.2) is 5.38 Å². The van der Waals surface area contributed by atoms with Crippen LogP contribution in [0.4, 0.5) is 0 Å². The lowest BCUT2D eigenvalue weighted by Crippen LogP contribution is -2.41. The van der Waals surface area contributed by atoms with Gasteiger partial charge >= 0.3 is 0 Å². The van der Waals surface area contributed by atoms with Crippen molar-refractivity contribution in [3.63, 3.8) is 0 Å². The van der Waals surface area contributed by atoms with E-state index in [2.05, 4.69) is 22.6 Å². The third-order valence-electron chi connectivity index (χ3n) is 3.61. The summed E-state index contributed by atoms with van der Waals surface area (Å²) in [6, 6.07) is 0.392. The summed E-state index contributed by atoms with van der Waals surface area (Å²) in [5.41, 5.74) is 1.09. The molecular formula is C14H22N2OS2. The van der Waals surface area contributed by atoms with Crippen molar-refractivity contribution in [1.82, 2.24) is 10.3 Å². The van der Waals surface area contributed by atoms with E-state index in [4.69, 9.17) is 0 Å². The minimum atomic E-state index is 0.177. The van der Waals surface area contributed by atoms with Crippen LogP contribution >= 0.6 is 23.1 Å². The molecule has 1 amide bonds. The normalized spacial score (nSPS) is 23.3. The minimum absolute atomic E-state index is 0.177. The van der Waals surface area contributed by atoms with Gasteiger partial charge in [0.05, 0.1) is 16.5 Å². The fourth-order valence-corrected chi connectivity index (χ4v) is 3.95. The van der Waals surface area contributed by atoms with Crippen molar-refractivity contribution >= 4 is 29.0 Å². The highest BCUT2D eigenvalue weighted by Crippen LogP contribution is 2.24. The lowest BCUT2D eigenvalue weighted by atomic mass is 9.86. The van der Waals surface area contributed by atoms with Gasteiger partial charge in [0.15, 0.2) is 0 Å². The predicted octanol–water partition coefficient (Wildman–Crippen LogP) is 3.38. The van der Waals surface area contributed by atoms with Crippen LogP contribution in [0.1, 0.15) is 43.3 Å². The van der Waals surface area contributed by atoms with Crippen LogP contribution in [0.3, 0.4) is 0 Å². The van der Waals surface area contributed by atoms with E-state index in [9.17, 15) is 4.79 Å². The summed E-state index contributed by atoms with van der Waals surface area (Å²) >= 11 is 3.32. The first-order chi connectivity index (χ1) is 9.15. The van der Waals surface area contributed by atoms with Crippen molar-refractivity contribution < 1.29 is 4.79 Å². The molecule has 3 nitrogen and oxygen atoms in total. The van der Waals surface area contributed by atoms with Crippen LogP contribution in [0.25, 0.3) is 0 Å². The summed E-state index contributed by atoms with van der Waals surface area (Å²) < 4.78 is 0. The third kappa shape index (κ3) is 4.80. The van der Waals surface area contributed by atoms with Crippen LogP contribution in [-0.4, -0.2) is 22.7 Å². The summed E-state index contributed by atoms with van der Waals surface area (Å²) in [6.45, 7) is 4.26. The van der Waals surface area contributed by atoms with Gasteiger partial charge in [-0.05, 0) is 25.7 Å². The van der Waals surface area contributed by atoms with Gasteiger partial charge in [-0.3, -0.25) is 4.79 Å². The molecule has 2 atom stereocenters. The van der Waals surface area contributed by atoms with Crippen LogP contribution < -0.4 is 5.32 Å². The predicted molar refractivity (Wildman–Crippen MR) is 82.6 cm³/mol. The Balaban J connectivity index is 1.66. The summed E-state index contributed by atoms with van der Waals surface area (Å²) in [4.78, 5) is 16.3. The average molecular weight is 298 g/mol. The van der Waals surface area contributed by atoms with E-state index >= 15 is 0 Å². The fraction of sp³-hybridized carbons (Fsp3) is 0.714. The van der Waals surface area contributed by atoms with Gasteiger partial charge in [-0.25, -0.2) is 4.98 Å². The van der Waals surface area contributed by atoms with Gasteiger partial charge < -0.3 is 5.32 Å². The van der Waals surface area contributed by atoms with Crippen LogP contribution in [0.2, 0.25) is 0 Å². The molecule has 1 fully saturated rings. The van der Waals surface area contributed by atoms with Crippen LogP contribution in [0, 0.1) is 12.8 Å². The van der Waals surface area contributed by atoms with Gasteiger partial charge in [-0.15, -0.1) is 23.1 Å². The van der Waals surface area contributed by atoms with E-state index < -0.39 is 0 Å². The molecule has 1 N–H and O–H groups in total. The molecule has 0 radical (unpaired) electrons. The SMILES string of the molecule is Cc1nc(CSCC(=O)N[C@@H]2CCCC[C@H]2C)cs1. The minimum Gasteiger partial charge on any atom is -0.352 e. The largest absolute Gasteiger partial charge is 0.352 e. The zero-order valence-electron chi connectivity index (χ0n) is 11.6. The molecule has 0 unspecified atom stereocenters. The zero-order chi connectivity index (χ0) is 13.7. The molecule has 106 valence electrons. The van der Waals surface area contributed by atoms with Crippen molar-refractivity contribution in [2.24, 2.45) is 5.92 Å². The number of thioether (sulfide) groups is 1. The van der Waals surface area contributed by atoms with Crippen molar-refractivity contribution in [3.05, 3.63) is 16.1 Å². The summed E-state index contributed by atoms with van der Waals surface area (Å²) in [5.74, 6) is 2.18. The molecule has 0 bridgehead atoms. The third-order valence-corrected chi connectivity index (χ3v) is 5.40. The number of nitrogens with one attached hydrogen (secondary N) is 1. The first-order valence-electron chi connectivity index (χ1n) is 6.93. The summed E-state index contributed by atoms with van der Waals surface area (Å²) in [5, 5.41) is 6.35. The van der Waals surface area contributed by atoms with E-state index in [0.29, 0.717) is 17.7 Å². The van der Waals surface area contributed by atoms with Gasteiger partial charge in [0.25, 0.3) is 0 Å². The van der Waals surface area contributed by atoms with Crippen LogP contribution in [0.5, 0.6) is 0 Å². The Morgan fingerprint density at radius 3 is 3.00 bits per heavy atom. The molecule has 0 saturated heterocycles. The number of hydrogen-bond donors (Lipinski definition) is 1. The lowest BCUT2D eigenvalue weighted by molar-refractivity contribution is -0.119. The van der Waals surface area contributed by atoms with E-state index in [1.54, 1.807) is 23.1 Å². The fourth-order valence-electron chi connectivity index (χ4n) is 2.50. The highest BCUT2D eigenvalue weighted by molar-refractivity contribution is 7.99. The van der Waals surface area contributed by atoms with E-state index in [0.717, 1.165) is 22.9 Å². The van der Waals surface area contributed by atoms with E-state index in [1.807, 2.05) is 6.92 Å². The van der Waals surface area contributed by atoms with Gasteiger partial charge in [0.2, 0.25) is 5.91 Å². The van der Waals surface area contributed by atoms with Gasteiger partial charge in [-0.1, -0.05) is 19.8 Å². The van der Waals surface area contributed by atoms with Crippen molar-refractivity contribution in [3.8, 4) is 0 Å². The number of hydrogen-bond acceptors (Lipinski definition) is 4. The number of carbonyl (C=O) groups is 1. The quantitative estimate of drug-likeness (QED) is 0.906. The Morgan fingerprint density at radius 1 is 1.53 bits per heavy atom. The van der Waals surface area contributed by atoms with Gasteiger partial charge in [0.1, 0.15) is 0 Å². The first-order valence-corrected chi connectivity index (χ1v) is 8.96. The second kappa shape index (κ2) is 7.29. The maximum atomic E-state index is 11.9. The van der Waals surface area contributed by atoms with E-state index in [-0.39, 0.29) is 5.91 Å². The summed E-state index contributed by atoms with van der Waals surface area (Å²) in [6.07, 6.45) is 4.95. The highest BCUT2D eigenvalue weighted by atomic mass is 32.2. The first kappa shape index (κ1) is 14.9. The molecule has 5 heteroatoms. The molecule has 1 aliphatic rings. The number of aromatic nitrogens is 1. The smallest absolute Gasteiger partial charge is 0.230 e. The number of rotatable bonds is 5. The monoisotopic (exact) mass is 298 g/mol. The molecule has 0 spiro atoms. The molecular weight excluding hydrogens is 276 g/mol. The molecule has 1 aromatic heterocycles. The summed E-state index contributed by atoms with van der Waals surface area (Å²) in [7, 11) is 0. The molecule has 1 aromatic rings. The Kier molecular flexibility index (Phi) is 5.70. The maximum absolute atomic E-state index is 11.9. The average Bonchev–Trinajstić information content (AvgIpc) is 2.78. The van der Waals surface area contributed by atoms with Gasteiger partial charge in [0, 0.05) is 17.2 Å². The zero-order valence-corrected chi connectivity index (χ0v) is 13.3. The van der Waals surface area contributed by atoms with Crippen molar-refractivity contribution in [2.75, 3.05) is 5.75 Å². The molecule has 1 saturated carbocycles. The Labute approximate surface area is 123 Å². The standard InChI is InChI=1S/C14H22N2OS2/c1-10-5-3-4-6-13(10)16-14(17)9-18-7-12-8-19-11(2)15-12/h8,10,13H,3-7,9H2,1-2H3,(H,16,17)/t10-,13-/m1/s1. The van der Waals surface area contributed by atoms with Gasteiger partial charge in [-0.2, -0.15) is 0 Å². The molecule has 0 aliphatic heterocycles. The number of amides is 1. The molecule has 1 aliphatic carbocycles.